The van der Waals surface area contributed by atoms with Gasteiger partial charge in [0.1, 0.15) is 5.75 Å². The molecule has 1 saturated heterocycles. The van der Waals surface area contributed by atoms with Gasteiger partial charge in [0.2, 0.25) is 0 Å². The number of ether oxygens (including phenoxy) is 2. The van der Waals surface area contributed by atoms with Gasteiger partial charge in [0, 0.05) is 25.1 Å². The van der Waals surface area contributed by atoms with Crippen LogP contribution in [-0.4, -0.2) is 36.0 Å². The summed E-state index contributed by atoms with van der Waals surface area (Å²) in [5, 5.41) is 4.23. The standard InChI is InChI=1S/C16H22N2O2S/c1-10-5-6-13-12(9-10)14-11(2)16(3,20-13)18(7-8-19-4)15(21)17-14/h5-6,9,11,14H,7-8H2,1-4H3,(H,17,21). The first-order valence-corrected chi connectivity index (χ1v) is 7.75. The van der Waals surface area contributed by atoms with Gasteiger partial charge in [-0.3, -0.25) is 0 Å². The smallest absolute Gasteiger partial charge is 0.186 e. The van der Waals surface area contributed by atoms with Crippen LogP contribution in [-0.2, 0) is 4.74 Å². The number of rotatable bonds is 3. The van der Waals surface area contributed by atoms with E-state index in [1.54, 1.807) is 7.11 Å². The van der Waals surface area contributed by atoms with Crippen molar-refractivity contribution in [2.45, 2.75) is 32.5 Å². The molecule has 1 aromatic carbocycles. The van der Waals surface area contributed by atoms with Crippen LogP contribution in [0.3, 0.4) is 0 Å². The van der Waals surface area contributed by atoms with Crippen molar-refractivity contribution in [3.8, 4) is 5.75 Å². The number of nitrogens with one attached hydrogen (secondary N) is 1. The van der Waals surface area contributed by atoms with Crippen LogP contribution in [0.2, 0.25) is 0 Å². The molecule has 5 heteroatoms. The van der Waals surface area contributed by atoms with Gasteiger partial charge in [0.15, 0.2) is 10.8 Å². The molecule has 0 spiro atoms. The summed E-state index contributed by atoms with van der Waals surface area (Å²) in [6.45, 7) is 7.78. The van der Waals surface area contributed by atoms with Gasteiger partial charge in [-0.05, 0) is 32.1 Å². The second kappa shape index (κ2) is 5.14. The summed E-state index contributed by atoms with van der Waals surface area (Å²) in [5.41, 5.74) is 2.00. The molecule has 2 aliphatic rings. The predicted molar refractivity (Wildman–Crippen MR) is 86.4 cm³/mol. The van der Waals surface area contributed by atoms with Gasteiger partial charge >= 0.3 is 0 Å². The number of hydrogen-bond acceptors (Lipinski definition) is 3. The van der Waals surface area contributed by atoms with Crippen LogP contribution in [0.1, 0.15) is 31.0 Å². The van der Waals surface area contributed by atoms with E-state index in [1.165, 1.54) is 11.1 Å². The monoisotopic (exact) mass is 306 g/mol. The Morgan fingerprint density at radius 3 is 2.95 bits per heavy atom. The van der Waals surface area contributed by atoms with E-state index in [-0.39, 0.29) is 12.0 Å². The van der Waals surface area contributed by atoms with E-state index < -0.39 is 5.72 Å². The highest BCUT2D eigenvalue weighted by Gasteiger charge is 2.52. The fourth-order valence-corrected chi connectivity index (χ4v) is 3.72. The minimum atomic E-state index is -0.437. The van der Waals surface area contributed by atoms with E-state index in [2.05, 4.69) is 49.2 Å². The molecule has 1 N–H and O–H groups in total. The number of thiocarbonyl (C=S) groups is 1. The van der Waals surface area contributed by atoms with Crippen molar-refractivity contribution in [2.24, 2.45) is 5.92 Å². The first-order valence-electron chi connectivity index (χ1n) is 7.34. The Balaban J connectivity index is 2.03. The third kappa shape index (κ3) is 2.19. The van der Waals surface area contributed by atoms with Gasteiger partial charge in [0.05, 0.1) is 12.6 Å². The highest BCUT2D eigenvalue weighted by Crippen LogP contribution is 2.47. The Morgan fingerprint density at radius 1 is 1.48 bits per heavy atom. The minimum absolute atomic E-state index is 0.199. The second-order valence-electron chi connectivity index (χ2n) is 6.06. The Bertz CT molecular complexity index is 577. The molecule has 21 heavy (non-hydrogen) atoms. The zero-order valence-electron chi connectivity index (χ0n) is 13.0. The third-order valence-corrected chi connectivity index (χ3v) is 5.08. The van der Waals surface area contributed by atoms with Crippen LogP contribution in [0.25, 0.3) is 0 Å². The van der Waals surface area contributed by atoms with Crippen molar-refractivity contribution in [2.75, 3.05) is 20.3 Å². The van der Waals surface area contributed by atoms with Gasteiger partial charge in [-0.1, -0.05) is 24.6 Å². The zero-order valence-corrected chi connectivity index (χ0v) is 13.8. The van der Waals surface area contributed by atoms with Gasteiger partial charge in [0.25, 0.3) is 0 Å². The molecule has 0 amide bonds. The molecule has 0 aromatic heterocycles. The maximum absolute atomic E-state index is 6.38. The first-order chi connectivity index (χ1) is 9.97. The summed E-state index contributed by atoms with van der Waals surface area (Å²) in [7, 11) is 1.70. The fraction of sp³-hybridized carbons (Fsp3) is 0.562. The van der Waals surface area contributed by atoms with Gasteiger partial charge < -0.3 is 19.7 Å². The number of hydrogen-bond donors (Lipinski definition) is 1. The molecule has 2 aliphatic heterocycles. The lowest BCUT2D eigenvalue weighted by Gasteiger charge is -2.56. The van der Waals surface area contributed by atoms with Crippen LogP contribution >= 0.6 is 12.2 Å². The maximum atomic E-state index is 6.38. The molecule has 114 valence electrons. The van der Waals surface area contributed by atoms with Crippen LogP contribution in [0.4, 0.5) is 0 Å². The SMILES string of the molecule is COCCN1C(=S)NC2c3cc(C)ccc3OC1(C)C2C. The lowest BCUT2D eigenvalue weighted by atomic mass is 9.80. The third-order valence-electron chi connectivity index (χ3n) is 4.74. The van der Waals surface area contributed by atoms with Crippen LogP contribution < -0.4 is 10.1 Å². The van der Waals surface area contributed by atoms with Gasteiger partial charge in [-0.2, -0.15) is 0 Å². The second-order valence-corrected chi connectivity index (χ2v) is 6.44. The topological polar surface area (TPSA) is 33.7 Å². The number of methoxy groups -OCH3 is 1. The fourth-order valence-electron chi connectivity index (χ4n) is 3.32. The first kappa shape index (κ1) is 14.6. The van der Waals surface area contributed by atoms with E-state index >= 15 is 0 Å². The lowest BCUT2D eigenvalue weighted by Crippen LogP contribution is -2.69. The Labute approximate surface area is 131 Å². The molecule has 0 saturated carbocycles. The quantitative estimate of drug-likeness (QED) is 0.868. The molecule has 0 radical (unpaired) electrons. The molecule has 3 atom stereocenters. The Kier molecular flexibility index (Phi) is 3.58. The number of benzene rings is 1. The highest BCUT2D eigenvalue weighted by molar-refractivity contribution is 7.80. The Hall–Kier alpha value is -1.33. The van der Waals surface area contributed by atoms with Crippen molar-refractivity contribution in [1.82, 2.24) is 10.2 Å². The molecule has 3 unspecified atom stereocenters. The summed E-state index contributed by atoms with van der Waals surface area (Å²) >= 11 is 5.56. The van der Waals surface area contributed by atoms with Crippen molar-refractivity contribution in [3.63, 3.8) is 0 Å². The molecular formula is C16H22N2O2S. The molecule has 0 aliphatic carbocycles. The van der Waals surface area contributed by atoms with E-state index in [1.807, 2.05) is 0 Å². The number of nitrogens with zero attached hydrogens (tertiary/aromatic N) is 1. The summed E-state index contributed by atoms with van der Waals surface area (Å²) in [5.74, 6) is 1.24. The molecule has 2 heterocycles. The molecule has 1 aromatic rings. The minimum Gasteiger partial charge on any atom is -0.467 e. The molecule has 1 fully saturated rings. The summed E-state index contributed by atoms with van der Waals surface area (Å²) in [4.78, 5) is 2.11. The largest absolute Gasteiger partial charge is 0.467 e. The summed E-state index contributed by atoms with van der Waals surface area (Å²) < 4.78 is 11.6. The number of fused-ring (bicyclic) bond motifs is 4. The predicted octanol–water partition coefficient (Wildman–Crippen LogP) is 2.62. The molecule has 3 rings (SSSR count). The summed E-state index contributed by atoms with van der Waals surface area (Å²) in [6.07, 6.45) is 0. The van der Waals surface area contributed by atoms with Crippen LogP contribution in [0, 0.1) is 12.8 Å². The maximum Gasteiger partial charge on any atom is 0.186 e. The van der Waals surface area contributed by atoms with Crippen molar-refractivity contribution < 1.29 is 9.47 Å². The van der Waals surface area contributed by atoms with Crippen molar-refractivity contribution in [3.05, 3.63) is 29.3 Å². The summed E-state index contributed by atoms with van der Waals surface area (Å²) in [6, 6.07) is 6.54. The van der Waals surface area contributed by atoms with Gasteiger partial charge in [-0.25, -0.2) is 0 Å². The highest BCUT2D eigenvalue weighted by atomic mass is 32.1. The van der Waals surface area contributed by atoms with E-state index in [0.717, 1.165) is 17.4 Å². The average Bonchev–Trinajstić information content (AvgIpc) is 2.44. The molecule has 4 nitrogen and oxygen atoms in total. The van der Waals surface area contributed by atoms with Crippen LogP contribution in [0.5, 0.6) is 5.75 Å². The van der Waals surface area contributed by atoms with E-state index in [9.17, 15) is 0 Å². The van der Waals surface area contributed by atoms with Gasteiger partial charge in [-0.15, -0.1) is 0 Å². The molecular weight excluding hydrogens is 284 g/mol. The lowest BCUT2D eigenvalue weighted by molar-refractivity contribution is -0.114. The number of aryl methyl sites for hydroxylation is 1. The normalized spacial score (nSPS) is 30.5. The van der Waals surface area contributed by atoms with E-state index in [0.29, 0.717) is 6.61 Å². The van der Waals surface area contributed by atoms with E-state index in [4.69, 9.17) is 21.7 Å². The van der Waals surface area contributed by atoms with Crippen molar-refractivity contribution in [1.29, 1.82) is 0 Å². The average molecular weight is 306 g/mol. The zero-order chi connectivity index (χ0) is 15.2. The molecule has 2 bridgehead atoms. The Morgan fingerprint density at radius 2 is 2.24 bits per heavy atom. The van der Waals surface area contributed by atoms with Crippen molar-refractivity contribution >= 4 is 17.3 Å². The van der Waals surface area contributed by atoms with Crippen LogP contribution in [0.15, 0.2) is 18.2 Å².